The Kier molecular flexibility index (Phi) is 4.65. The van der Waals surface area contributed by atoms with Crippen LogP contribution in [0.5, 0.6) is 0 Å². The van der Waals surface area contributed by atoms with Crippen LogP contribution < -0.4 is 10.9 Å². The number of nitrogens with one attached hydrogen (secondary N) is 3. The zero-order chi connectivity index (χ0) is 18.0. The Morgan fingerprint density at radius 3 is 2.76 bits per heavy atom. The van der Waals surface area contributed by atoms with Crippen molar-refractivity contribution in [2.75, 3.05) is 5.32 Å². The summed E-state index contributed by atoms with van der Waals surface area (Å²) < 4.78 is 0. The van der Waals surface area contributed by atoms with Crippen LogP contribution >= 0.6 is 0 Å². The summed E-state index contributed by atoms with van der Waals surface area (Å²) in [4.78, 5) is 38.8. The van der Waals surface area contributed by atoms with E-state index >= 15 is 0 Å². The van der Waals surface area contributed by atoms with Crippen molar-refractivity contribution < 1.29 is 4.79 Å². The van der Waals surface area contributed by atoms with Crippen molar-refractivity contribution in [3.05, 3.63) is 51.5 Å². The molecule has 25 heavy (non-hydrogen) atoms. The molecule has 0 radical (unpaired) electrons. The highest BCUT2D eigenvalue weighted by Crippen LogP contribution is 2.18. The number of fused-ring (bicyclic) bond motifs is 1. The monoisotopic (exact) mass is 339 g/mol. The molecule has 7 nitrogen and oxygen atoms in total. The Morgan fingerprint density at radius 2 is 2.00 bits per heavy atom. The molecule has 1 amide bonds. The molecule has 3 aromatic rings. The van der Waals surface area contributed by atoms with Gasteiger partial charge >= 0.3 is 0 Å². The predicted molar refractivity (Wildman–Crippen MR) is 97.0 cm³/mol. The van der Waals surface area contributed by atoms with Gasteiger partial charge in [-0.05, 0) is 38.5 Å². The first-order chi connectivity index (χ1) is 12.0. The molecule has 0 atom stereocenters. The highest BCUT2D eigenvalue weighted by Gasteiger charge is 2.15. The molecular weight excluding hydrogens is 318 g/mol. The molecule has 0 saturated heterocycles. The van der Waals surface area contributed by atoms with Gasteiger partial charge in [0.15, 0.2) is 5.69 Å². The molecule has 3 rings (SSSR count). The molecule has 0 aliphatic carbocycles. The number of carbonyl (C=O) groups excluding carboxylic acids is 1. The second kappa shape index (κ2) is 6.88. The number of H-pyrrole nitrogens is 2. The highest BCUT2D eigenvalue weighted by molar-refractivity contribution is 6.03. The maximum Gasteiger partial charge on any atom is 0.280 e. The van der Waals surface area contributed by atoms with Crippen LogP contribution in [0.1, 0.15) is 47.5 Å². The zero-order valence-corrected chi connectivity index (χ0v) is 14.6. The molecule has 7 heteroatoms. The first-order valence-electron chi connectivity index (χ1n) is 8.35. The van der Waals surface area contributed by atoms with Gasteiger partial charge < -0.3 is 15.3 Å². The van der Waals surface area contributed by atoms with E-state index in [9.17, 15) is 9.59 Å². The highest BCUT2D eigenvalue weighted by atomic mass is 16.2. The van der Waals surface area contributed by atoms with Gasteiger partial charge in [-0.2, -0.15) is 0 Å². The number of aromatic nitrogens is 4. The normalized spacial score (nSPS) is 11.0. The maximum atomic E-state index is 12.4. The van der Waals surface area contributed by atoms with Gasteiger partial charge in [0.05, 0.1) is 16.7 Å². The standard InChI is InChI=1S/C18H21N5O2/c1-4-5-6-15-22-13-8-7-12(9-14(13)23-15)21-18(25)16-17(24)20-11(3)10(2)19-16/h7-9H,4-6H2,1-3H3,(H,20,24)(H,21,25)(H,22,23). The van der Waals surface area contributed by atoms with Crippen molar-refractivity contribution in [3.63, 3.8) is 0 Å². The summed E-state index contributed by atoms with van der Waals surface area (Å²) in [7, 11) is 0. The van der Waals surface area contributed by atoms with Gasteiger partial charge in [-0.15, -0.1) is 0 Å². The Hall–Kier alpha value is -2.96. The Morgan fingerprint density at radius 1 is 1.20 bits per heavy atom. The molecule has 130 valence electrons. The summed E-state index contributed by atoms with van der Waals surface area (Å²) in [6.07, 6.45) is 3.08. The van der Waals surface area contributed by atoms with Crippen LogP contribution in [-0.4, -0.2) is 25.8 Å². The number of aryl methyl sites for hydroxylation is 3. The van der Waals surface area contributed by atoms with Crippen molar-refractivity contribution in [1.29, 1.82) is 0 Å². The van der Waals surface area contributed by atoms with Crippen LogP contribution in [0.25, 0.3) is 11.0 Å². The Bertz CT molecular complexity index is 987. The maximum absolute atomic E-state index is 12.4. The smallest absolute Gasteiger partial charge is 0.280 e. The molecule has 3 N–H and O–H groups in total. The molecule has 0 spiro atoms. The Labute approximate surface area is 144 Å². The number of hydrogen-bond donors (Lipinski definition) is 3. The zero-order valence-electron chi connectivity index (χ0n) is 14.6. The number of benzene rings is 1. The molecule has 0 saturated carbocycles. The van der Waals surface area contributed by atoms with E-state index < -0.39 is 11.5 Å². The molecule has 2 heterocycles. The van der Waals surface area contributed by atoms with E-state index in [4.69, 9.17) is 0 Å². The number of imidazole rings is 1. The van der Waals surface area contributed by atoms with Crippen LogP contribution in [0.15, 0.2) is 23.0 Å². The van der Waals surface area contributed by atoms with Crippen LogP contribution in [0.4, 0.5) is 5.69 Å². The topological polar surface area (TPSA) is 104 Å². The summed E-state index contributed by atoms with van der Waals surface area (Å²) in [5, 5.41) is 2.72. The summed E-state index contributed by atoms with van der Waals surface area (Å²) >= 11 is 0. The summed E-state index contributed by atoms with van der Waals surface area (Å²) in [5.74, 6) is 0.405. The lowest BCUT2D eigenvalue weighted by Crippen LogP contribution is -2.26. The third-order valence-corrected chi connectivity index (χ3v) is 4.11. The van der Waals surface area contributed by atoms with E-state index in [0.717, 1.165) is 36.1 Å². The summed E-state index contributed by atoms with van der Waals surface area (Å²) in [6.45, 7) is 5.63. The van der Waals surface area contributed by atoms with Crippen molar-refractivity contribution in [2.45, 2.75) is 40.0 Å². The number of anilines is 1. The number of aromatic amines is 2. The van der Waals surface area contributed by atoms with Crippen molar-refractivity contribution in [3.8, 4) is 0 Å². The third-order valence-electron chi connectivity index (χ3n) is 4.11. The average Bonchev–Trinajstić information content (AvgIpc) is 2.98. The summed E-state index contributed by atoms with van der Waals surface area (Å²) in [5.41, 5.74) is 2.93. The molecular formula is C18H21N5O2. The van der Waals surface area contributed by atoms with Gasteiger partial charge in [-0.25, -0.2) is 9.97 Å². The molecule has 1 aromatic carbocycles. The van der Waals surface area contributed by atoms with Gasteiger partial charge in [0, 0.05) is 17.8 Å². The van der Waals surface area contributed by atoms with Gasteiger partial charge in [0.1, 0.15) is 5.82 Å². The van der Waals surface area contributed by atoms with Crippen LogP contribution in [0.3, 0.4) is 0 Å². The molecule has 0 bridgehead atoms. The lowest BCUT2D eigenvalue weighted by Gasteiger charge is -2.06. The minimum absolute atomic E-state index is 0.142. The van der Waals surface area contributed by atoms with E-state index in [2.05, 4.69) is 32.2 Å². The van der Waals surface area contributed by atoms with Crippen molar-refractivity contribution >= 4 is 22.6 Å². The third kappa shape index (κ3) is 3.60. The first kappa shape index (κ1) is 16.9. The number of hydrogen-bond acceptors (Lipinski definition) is 4. The average molecular weight is 339 g/mol. The van der Waals surface area contributed by atoms with E-state index in [1.165, 1.54) is 0 Å². The van der Waals surface area contributed by atoms with Gasteiger partial charge in [0.2, 0.25) is 0 Å². The molecule has 0 aliphatic heterocycles. The lowest BCUT2D eigenvalue weighted by molar-refractivity contribution is 0.102. The van der Waals surface area contributed by atoms with Gasteiger partial charge in [-0.1, -0.05) is 13.3 Å². The Balaban J connectivity index is 1.83. The van der Waals surface area contributed by atoms with Gasteiger partial charge in [0.25, 0.3) is 11.5 Å². The largest absolute Gasteiger partial charge is 0.342 e. The second-order valence-electron chi connectivity index (χ2n) is 6.10. The van der Waals surface area contributed by atoms with E-state index in [0.29, 0.717) is 17.1 Å². The quantitative estimate of drug-likeness (QED) is 0.665. The molecule has 0 unspecified atom stereocenters. The first-order valence-corrected chi connectivity index (χ1v) is 8.35. The van der Waals surface area contributed by atoms with E-state index in [1.54, 1.807) is 19.9 Å². The fourth-order valence-corrected chi connectivity index (χ4v) is 2.57. The number of carbonyl (C=O) groups is 1. The van der Waals surface area contributed by atoms with Crippen LogP contribution in [-0.2, 0) is 6.42 Å². The predicted octanol–water partition coefficient (Wildman–Crippen LogP) is 2.86. The summed E-state index contributed by atoms with van der Waals surface area (Å²) in [6, 6.07) is 5.42. The number of amides is 1. The van der Waals surface area contributed by atoms with Gasteiger partial charge in [-0.3, -0.25) is 9.59 Å². The van der Waals surface area contributed by atoms with E-state index in [1.807, 2.05) is 12.1 Å². The number of nitrogens with zero attached hydrogens (tertiary/aromatic N) is 2. The van der Waals surface area contributed by atoms with E-state index in [-0.39, 0.29) is 5.69 Å². The lowest BCUT2D eigenvalue weighted by atomic mass is 10.2. The fourth-order valence-electron chi connectivity index (χ4n) is 2.57. The minimum atomic E-state index is -0.533. The number of unbranched alkanes of at least 4 members (excludes halogenated alkanes) is 1. The minimum Gasteiger partial charge on any atom is -0.342 e. The van der Waals surface area contributed by atoms with Crippen LogP contribution in [0.2, 0.25) is 0 Å². The van der Waals surface area contributed by atoms with Crippen LogP contribution in [0, 0.1) is 13.8 Å². The SMILES string of the molecule is CCCCc1nc2ccc(NC(=O)c3nc(C)c(C)[nH]c3=O)cc2[nH]1. The molecule has 0 aliphatic rings. The van der Waals surface area contributed by atoms with Crippen molar-refractivity contribution in [1.82, 2.24) is 19.9 Å². The number of rotatable bonds is 5. The fraction of sp³-hybridized carbons (Fsp3) is 0.333. The van der Waals surface area contributed by atoms with Crippen molar-refractivity contribution in [2.24, 2.45) is 0 Å². The second-order valence-corrected chi connectivity index (χ2v) is 6.10. The molecule has 0 fully saturated rings. The molecule has 2 aromatic heterocycles.